The standard InChI is InChI=1S/C39H48F3N5O11S/c1-21-10-6-7-11-23-18-38(23,33(50)46-59(54,55)37(5)14-15-37)45-30(48)27-17-24(20-47(27)32(49)29(22(2)16-21)44-34(51)52)56-31-26-13-9-8-12-25(26)28(19-43-31)57-35(53)58-36(3,4)39(40,41)42/h7-9,11-13,19,21-24,27,29,44H,6,10,14-18,20H2,1-5H3,(H,45,48)(H,46,50)(H,51,52)/t21-,22-,23-,24-,27+,29+,38-/m1/s1. The van der Waals surface area contributed by atoms with Gasteiger partial charge in [-0.1, -0.05) is 44.2 Å². The number of nitrogens with one attached hydrogen (secondary N) is 3. The van der Waals surface area contributed by atoms with Gasteiger partial charge in [0.2, 0.25) is 33.3 Å². The molecule has 2 aliphatic heterocycles. The van der Waals surface area contributed by atoms with Crippen molar-refractivity contribution in [2.45, 2.75) is 120 Å². The van der Waals surface area contributed by atoms with Crippen LogP contribution in [-0.4, -0.2) is 100 Å². The molecule has 3 fully saturated rings. The van der Waals surface area contributed by atoms with Gasteiger partial charge in [0.25, 0.3) is 5.91 Å². The van der Waals surface area contributed by atoms with Crippen molar-refractivity contribution in [3.63, 3.8) is 0 Å². The Morgan fingerprint density at radius 3 is 2.39 bits per heavy atom. The number of halogens is 3. The predicted molar refractivity (Wildman–Crippen MR) is 203 cm³/mol. The van der Waals surface area contributed by atoms with Crippen molar-refractivity contribution in [1.29, 1.82) is 0 Å². The highest BCUT2D eigenvalue weighted by Gasteiger charge is 2.63. The van der Waals surface area contributed by atoms with E-state index in [2.05, 4.69) is 25.1 Å². The van der Waals surface area contributed by atoms with Crippen molar-refractivity contribution in [2.24, 2.45) is 17.8 Å². The number of carbonyl (C=O) groups excluding carboxylic acids is 4. The molecule has 16 nitrogen and oxygen atoms in total. The van der Waals surface area contributed by atoms with Gasteiger partial charge in [0.15, 0.2) is 5.75 Å². The topological polar surface area (TPSA) is 220 Å². The van der Waals surface area contributed by atoms with Gasteiger partial charge in [-0.15, -0.1) is 0 Å². The van der Waals surface area contributed by atoms with Crippen molar-refractivity contribution in [3.05, 3.63) is 42.6 Å². The zero-order valence-corrected chi connectivity index (χ0v) is 33.9. The number of allylic oxidation sites excluding steroid dienone is 1. The number of hydrogen-bond acceptors (Lipinski definition) is 11. The maximum absolute atomic E-state index is 14.4. The normalized spacial score (nSPS) is 28.5. The largest absolute Gasteiger partial charge is 0.514 e. The second-order valence-electron chi connectivity index (χ2n) is 16.8. The Morgan fingerprint density at radius 1 is 1.07 bits per heavy atom. The summed E-state index contributed by atoms with van der Waals surface area (Å²) < 4.78 is 83.4. The molecule has 3 heterocycles. The Hall–Kier alpha value is -5.14. The summed E-state index contributed by atoms with van der Waals surface area (Å²) in [7, 11) is -4.08. The Morgan fingerprint density at radius 2 is 1.75 bits per heavy atom. The lowest BCUT2D eigenvalue weighted by atomic mass is 9.88. The lowest BCUT2D eigenvalue weighted by Gasteiger charge is -2.32. The number of rotatable bonds is 8. The molecule has 0 radical (unpaired) electrons. The Kier molecular flexibility index (Phi) is 11.6. The second kappa shape index (κ2) is 15.8. The van der Waals surface area contributed by atoms with E-state index in [9.17, 15) is 50.7 Å². The molecule has 2 aliphatic carbocycles. The molecular formula is C39H48F3N5O11S. The van der Waals surface area contributed by atoms with E-state index in [0.29, 0.717) is 46.0 Å². The maximum atomic E-state index is 14.4. The smallest absolute Gasteiger partial charge is 0.472 e. The molecule has 2 saturated carbocycles. The van der Waals surface area contributed by atoms with Gasteiger partial charge in [-0.25, -0.2) is 23.0 Å². The first-order valence-corrected chi connectivity index (χ1v) is 20.8. The average Bonchev–Trinajstić information content (AvgIpc) is 4.02. The van der Waals surface area contributed by atoms with E-state index in [4.69, 9.17) is 9.47 Å². The van der Waals surface area contributed by atoms with Crippen molar-refractivity contribution in [3.8, 4) is 11.6 Å². The maximum Gasteiger partial charge on any atom is 0.514 e. The van der Waals surface area contributed by atoms with E-state index < -0.39 is 92.1 Å². The number of pyridine rings is 1. The molecule has 1 aromatic heterocycles. The SMILES string of the molecule is C[C@@H]1CCC=C[C@@H]2C[C@@]2(C(=O)NS(=O)(=O)C2(C)CC2)NC(=O)[C@@H]2C[C@@H](Oc3ncc(OC(=O)OC(C)(C)C(F)(F)F)c4ccccc34)CN2C(=O)[C@@H](NC(=O)O)[C@H](C)C1. The zero-order chi connectivity index (χ0) is 43.3. The summed E-state index contributed by atoms with van der Waals surface area (Å²) in [6.45, 7) is 6.31. The van der Waals surface area contributed by atoms with Gasteiger partial charge in [0, 0.05) is 23.1 Å². The number of alkyl halides is 3. The minimum absolute atomic E-state index is 0.0388. The molecule has 2 aromatic rings. The summed E-state index contributed by atoms with van der Waals surface area (Å²) in [4.78, 5) is 72.6. The third-order valence-electron chi connectivity index (χ3n) is 11.7. The Balaban J connectivity index is 1.31. The summed E-state index contributed by atoms with van der Waals surface area (Å²) in [5.74, 6) is -3.75. The van der Waals surface area contributed by atoms with Gasteiger partial charge >= 0.3 is 18.4 Å². The first-order chi connectivity index (χ1) is 27.5. The first-order valence-electron chi connectivity index (χ1n) is 19.3. The number of carbonyl (C=O) groups is 5. The van der Waals surface area contributed by atoms with Gasteiger partial charge in [-0.2, -0.15) is 13.2 Å². The number of amides is 4. The van der Waals surface area contributed by atoms with Crippen LogP contribution < -0.4 is 24.8 Å². The summed E-state index contributed by atoms with van der Waals surface area (Å²) >= 11 is 0. The number of fused-ring (bicyclic) bond motifs is 3. The minimum Gasteiger partial charge on any atom is -0.472 e. The van der Waals surface area contributed by atoms with E-state index in [-0.39, 0.29) is 47.7 Å². The van der Waals surface area contributed by atoms with Gasteiger partial charge in [-0.05, 0) is 77.2 Å². The highest BCUT2D eigenvalue weighted by molar-refractivity contribution is 7.91. The molecule has 20 heteroatoms. The van der Waals surface area contributed by atoms with E-state index in [1.165, 1.54) is 24.0 Å². The molecule has 7 atom stereocenters. The van der Waals surface area contributed by atoms with Crippen LogP contribution in [0, 0.1) is 17.8 Å². The number of nitrogens with zero attached hydrogens (tertiary/aromatic N) is 2. The molecule has 1 aromatic carbocycles. The van der Waals surface area contributed by atoms with Crippen molar-refractivity contribution in [1.82, 2.24) is 25.2 Å². The quantitative estimate of drug-likeness (QED) is 0.205. The van der Waals surface area contributed by atoms with E-state index in [1.807, 2.05) is 13.0 Å². The first kappa shape index (κ1) is 43.4. The fourth-order valence-electron chi connectivity index (χ4n) is 7.58. The van der Waals surface area contributed by atoms with Crippen molar-refractivity contribution >= 4 is 50.8 Å². The fraction of sp³-hybridized carbons (Fsp3) is 0.590. The monoisotopic (exact) mass is 851 g/mol. The van der Waals surface area contributed by atoms with Crippen LogP contribution in [0.25, 0.3) is 10.8 Å². The zero-order valence-electron chi connectivity index (χ0n) is 33.1. The second-order valence-corrected chi connectivity index (χ2v) is 19.0. The highest BCUT2D eigenvalue weighted by Crippen LogP contribution is 2.48. The molecule has 4 N–H and O–H groups in total. The van der Waals surface area contributed by atoms with Gasteiger partial charge in [-0.3, -0.25) is 19.1 Å². The number of sulfonamides is 1. The third kappa shape index (κ3) is 9.06. The predicted octanol–water partition coefficient (Wildman–Crippen LogP) is 4.96. The summed E-state index contributed by atoms with van der Waals surface area (Å²) in [5, 5.41) is 15.3. The van der Waals surface area contributed by atoms with Crippen LogP contribution in [0.1, 0.15) is 79.6 Å². The molecule has 4 aliphatic rings. The molecule has 6 rings (SSSR count). The van der Waals surface area contributed by atoms with Crippen LogP contribution in [0.15, 0.2) is 42.6 Å². The van der Waals surface area contributed by atoms with Crippen LogP contribution in [-0.2, 0) is 29.1 Å². The number of aromatic nitrogens is 1. The summed E-state index contributed by atoms with van der Waals surface area (Å²) in [6.07, 6.45) is -1.90. The molecular weight excluding hydrogens is 804 g/mol. The third-order valence-corrected chi connectivity index (χ3v) is 13.9. The van der Waals surface area contributed by atoms with Crippen LogP contribution in [0.4, 0.5) is 22.8 Å². The summed E-state index contributed by atoms with van der Waals surface area (Å²) in [5.41, 5.74) is -4.51. The lowest BCUT2D eigenvalue weighted by molar-refractivity contribution is -0.247. The minimum atomic E-state index is -4.89. The van der Waals surface area contributed by atoms with E-state index in [0.717, 1.165) is 6.20 Å². The van der Waals surface area contributed by atoms with Crippen molar-refractivity contribution < 1.29 is 64.9 Å². The molecule has 4 amide bonds. The van der Waals surface area contributed by atoms with Crippen LogP contribution in [0.2, 0.25) is 0 Å². The number of benzene rings is 1. The van der Waals surface area contributed by atoms with Crippen LogP contribution in [0.3, 0.4) is 0 Å². The number of hydrogen-bond donors (Lipinski definition) is 4. The van der Waals surface area contributed by atoms with Gasteiger partial charge in [0.05, 0.1) is 17.5 Å². The lowest BCUT2D eigenvalue weighted by Crippen LogP contribution is -2.59. The van der Waals surface area contributed by atoms with Crippen LogP contribution in [0.5, 0.6) is 11.6 Å². The molecule has 59 heavy (non-hydrogen) atoms. The van der Waals surface area contributed by atoms with Crippen LogP contribution >= 0.6 is 0 Å². The van der Waals surface area contributed by atoms with Crippen molar-refractivity contribution in [2.75, 3.05) is 6.54 Å². The van der Waals surface area contributed by atoms with E-state index >= 15 is 0 Å². The Labute approximate surface area is 338 Å². The number of carboxylic acid groups (broad SMARTS) is 1. The van der Waals surface area contributed by atoms with Gasteiger partial charge in [0.1, 0.15) is 23.7 Å². The number of ether oxygens (including phenoxy) is 3. The van der Waals surface area contributed by atoms with Gasteiger partial charge < -0.3 is 34.9 Å². The van der Waals surface area contributed by atoms with E-state index in [1.54, 1.807) is 25.1 Å². The summed E-state index contributed by atoms with van der Waals surface area (Å²) in [6, 6.07) is 3.60. The molecule has 0 bridgehead atoms. The molecule has 0 spiro atoms. The molecule has 0 unspecified atom stereocenters. The fourth-order valence-corrected chi connectivity index (χ4v) is 8.89. The highest BCUT2D eigenvalue weighted by atomic mass is 32.2. The Bertz CT molecular complexity index is 2160. The average molecular weight is 852 g/mol. The molecule has 322 valence electrons. The molecule has 1 saturated heterocycles.